The van der Waals surface area contributed by atoms with Gasteiger partial charge in [0.1, 0.15) is 10.7 Å². The van der Waals surface area contributed by atoms with Crippen LogP contribution >= 0.6 is 22.9 Å². The maximum absolute atomic E-state index is 13.8. The first kappa shape index (κ1) is 16.4. The predicted octanol–water partition coefficient (Wildman–Crippen LogP) is 2.82. The molecule has 0 radical (unpaired) electrons. The number of sulfonamides is 1. The van der Waals surface area contributed by atoms with Gasteiger partial charge in [0.05, 0.1) is 4.34 Å². The first-order chi connectivity index (χ1) is 9.84. The van der Waals surface area contributed by atoms with E-state index in [1.807, 2.05) is 0 Å². The predicted molar refractivity (Wildman–Crippen MR) is 82.3 cm³/mol. The largest absolute Gasteiger partial charge is 0.326 e. The van der Waals surface area contributed by atoms with Gasteiger partial charge in [0.15, 0.2) is 0 Å². The second kappa shape index (κ2) is 6.41. The Morgan fingerprint density at radius 2 is 2.05 bits per heavy atom. The van der Waals surface area contributed by atoms with E-state index in [4.69, 9.17) is 17.3 Å². The standard InChI is InChI=1S/C13H14ClFN2O2S2/c1-17(8-10-3-5-13(14)20-10)21(18,19)12-6-9(7-16)2-4-11(12)15/h2-6H,7-8,16H2,1H3. The lowest BCUT2D eigenvalue weighted by Crippen LogP contribution is -2.27. The van der Waals surface area contributed by atoms with Gasteiger partial charge in [-0.15, -0.1) is 11.3 Å². The molecule has 1 heterocycles. The zero-order chi connectivity index (χ0) is 15.6. The summed E-state index contributed by atoms with van der Waals surface area (Å²) in [5, 5.41) is 0. The van der Waals surface area contributed by atoms with E-state index in [1.54, 1.807) is 12.1 Å². The Hall–Kier alpha value is -0.990. The van der Waals surface area contributed by atoms with Gasteiger partial charge in [-0.1, -0.05) is 17.7 Å². The van der Waals surface area contributed by atoms with Crippen LogP contribution in [0, 0.1) is 5.82 Å². The van der Waals surface area contributed by atoms with Crippen LogP contribution < -0.4 is 5.73 Å². The van der Waals surface area contributed by atoms with Crippen molar-refractivity contribution in [3.05, 3.63) is 50.9 Å². The summed E-state index contributed by atoms with van der Waals surface area (Å²) in [7, 11) is -2.52. The summed E-state index contributed by atoms with van der Waals surface area (Å²) in [5.74, 6) is -0.789. The molecule has 0 unspecified atom stereocenters. The molecular weight excluding hydrogens is 335 g/mol. The quantitative estimate of drug-likeness (QED) is 0.903. The van der Waals surface area contributed by atoms with Gasteiger partial charge in [0.2, 0.25) is 10.0 Å². The molecule has 0 aliphatic heterocycles. The zero-order valence-electron chi connectivity index (χ0n) is 11.2. The fourth-order valence-corrected chi connectivity index (χ4v) is 4.26. The van der Waals surface area contributed by atoms with Gasteiger partial charge in [-0.25, -0.2) is 12.8 Å². The monoisotopic (exact) mass is 348 g/mol. The van der Waals surface area contributed by atoms with Crippen molar-refractivity contribution >= 4 is 33.0 Å². The molecule has 0 bridgehead atoms. The third-order valence-corrected chi connectivity index (χ3v) is 5.96. The normalized spacial score (nSPS) is 12.0. The molecule has 2 rings (SSSR count). The van der Waals surface area contributed by atoms with E-state index in [1.165, 1.54) is 30.5 Å². The number of hydrogen-bond acceptors (Lipinski definition) is 4. The lowest BCUT2D eigenvalue weighted by molar-refractivity contribution is 0.462. The minimum absolute atomic E-state index is 0.131. The van der Waals surface area contributed by atoms with Crippen LogP contribution in [-0.2, 0) is 23.1 Å². The minimum Gasteiger partial charge on any atom is -0.326 e. The number of hydrogen-bond donors (Lipinski definition) is 1. The zero-order valence-corrected chi connectivity index (χ0v) is 13.6. The van der Waals surface area contributed by atoms with E-state index in [0.717, 1.165) is 15.2 Å². The summed E-state index contributed by atoms with van der Waals surface area (Å²) in [5.41, 5.74) is 6.03. The molecule has 2 aromatic rings. The van der Waals surface area contributed by atoms with Crippen LogP contribution in [-0.4, -0.2) is 19.8 Å². The van der Waals surface area contributed by atoms with Crippen LogP contribution in [0.3, 0.4) is 0 Å². The van der Waals surface area contributed by atoms with E-state index < -0.39 is 15.8 Å². The Bertz CT molecular complexity index is 746. The molecule has 1 aromatic carbocycles. The van der Waals surface area contributed by atoms with Crippen LogP contribution in [0.25, 0.3) is 0 Å². The van der Waals surface area contributed by atoms with Crippen LogP contribution in [0.4, 0.5) is 4.39 Å². The van der Waals surface area contributed by atoms with Crippen molar-refractivity contribution in [1.82, 2.24) is 4.31 Å². The van der Waals surface area contributed by atoms with Gasteiger partial charge in [-0.2, -0.15) is 4.31 Å². The minimum atomic E-state index is -3.92. The highest BCUT2D eigenvalue weighted by atomic mass is 35.5. The molecule has 0 saturated heterocycles. The van der Waals surface area contributed by atoms with Gasteiger partial charge in [-0.3, -0.25) is 0 Å². The average Bonchev–Trinajstić information content (AvgIpc) is 2.84. The summed E-state index contributed by atoms with van der Waals surface area (Å²) < 4.78 is 40.4. The molecule has 4 nitrogen and oxygen atoms in total. The number of nitrogens with two attached hydrogens (primary N) is 1. The summed E-state index contributed by atoms with van der Waals surface area (Å²) in [6.45, 7) is 0.277. The molecule has 0 atom stereocenters. The highest BCUT2D eigenvalue weighted by Gasteiger charge is 2.25. The van der Waals surface area contributed by atoms with Crippen molar-refractivity contribution in [2.75, 3.05) is 7.05 Å². The number of thiophene rings is 1. The Labute approximate surface area is 132 Å². The van der Waals surface area contributed by atoms with Crippen LogP contribution in [0.1, 0.15) is 10.4 Å². The van der Waals surface area contributed by atoms with Gasteiger partial charge in [-0.05, 0) is 29.8 Å². The number of benzene rings is 1. The van der Waals surface area contributed by atoms with E-state index in [2.05, 4.69) is 0 Å². The molecule has 0 spiro atoms. The molecule has 114 valence electrons. The lowest BCUT2D eigenvalue weighted by Gasteiger charge is -2.17. The van der Waals surface area contributed by atoms with Crippen LogP contribution in [0.5, 0.6) is 0 Å². The van der Waals surface area contributed by atoms with Gasteiger partial charge >= 0.3 is 0 Å². The Morgan fingerprint density at radius 1 is 1.33 bits per heavy atom. The summed E-state index contributed by atoms with van der Waals surface area (Å²) in [4.78, 5) is 0.414. The lowest BCUT2D eigenvalue weighted by atomic mass is 10.2. The average molecular weight is 349 g/mol. The maximum Gasteiger partial charge on any atom is 0.246 e. The molecular formula is C13H14ClFN2O2S2. The van der Waals surface area contributed by atoms with E-state index in [0.29, 0.717) is 9.90 Å². The molecule has 0 aliphatic carbocycles. The second-order valence-corrected chi connectivity index (χ2v) is 8.25. The Morgan fingerprint density at radius 3 is 2.62 bits per heavy atom. The Balaban J connectivity index is 2.32. The smallest absolute Gasteiger partial charge is 0.246 e. The molecule has 21 heavy (non-hydrogen) atoms. The summed E-state index contributed by atoms with van der Waals surface area (Å²) >= 11 is 7.10. The molecule has 8 heteroatoms. The van der Waals surface area contributed by atoms with E-state index in [9.17, 15) is 12.8 Å². The molecule has 0 fully saturated rings. The van der Waals surface area contributed by atoms with Gasteiger partial charge < -0.3 is 5.73 Å². The van der Waals surface area contributed by atoms with Crippen LogP contribution in [0.15, 0.2) is 35.2 Å². The van der Waals surface area contributed by atoms with Gasteiger partial charge in [0, 0.05) is 25.0 Å². The maximum atomic E-state index is 13.8. The van der Waals surface area contributed by atoms with Crippen LogP contribution in [0.2, 0.25) is 4.34 Å². The highest BCUT2D eigenvalue weighted by molar-refractivity contribution is 7.89. The molecule has 2 N–H and O–H groups in total. The van der Waals surface area contributed by atoms with Gasteiger partial charge in [0.25, 0.3) is 0 Å². The van der Waals surface area contributed by atoms with Crippen molar-refractivity contribution in [3.8, 4) is 0 Å². The third kappa shape index (κ3) is 3.61. The van der Waals surface area contributed by atoms with E-state index >= 15 is 0 Å². The Kier molecular flexibility index (Phi) is 5.00. The molecule has 0 aliphatic rings. The number of rotatable bonds is 5. The number of halogens is 2. The fraction of sp³-hybridized carbons (Fsp3) is 0.231. The fourth-order valence-electron chi connectivity index (χ4n) is 1.78. The van der Waals surface area contributed by atoms with Crippen molar-refractivity contribution in [2.24, 2.45) is 5.73 Å². The third-order valence-electron chi connectivity index (χ3n) is 2.93. The topological polar surface area (TPSA) is 63.4 Å². The van der Waals surface area contributed by atoms with Crippen molar-refractivity contribution in [2.45, 2.75) is 18.0 Å². The molecule has 0 saturated carbocycles. The van der Waals surface area contributed by atoms with Crippen molar-refractivity contribution < 1.29 is 12.8 Å². The molecule has 1 aromatic heterocycles. The first-order valence-electron chi connectivity index (χ1n) is 6.03. The van der Waals surface area contributed by atoms with E-state index in [-0.39, 0.29) is 18.0 Å². The van der Waals surface area contributed by atoms with Crippen molar-refractivity contribution in [1.29, 1.82) is 0 Å². The highest BCUT2D eigenvalue weighted by Crippen LogP contribution is 2.25. The summed E-state index contributed by atoms with van der Waals surface area (Å²) in [6.07, 6.45) is 0. The number of nitrogens with zero attached hydrogens (tertiary/aromatic N) is 1. The molecule has 0 amide bonds. The first-order valence-corrected chi connectivity index (χ1v) is 8.67. The summed E-state index contributed by atoms with van der Waals surface area (Å²) in [6, 6.07) is 7.28. The SMILES string of the molecule is CN(Cc1ccc(Cl)s1)S(=O)(=O)c1cc(CN)ccc1F. The second-order valence-electron chi connectivity index (χ2n) is 4.44. The van der Waals surface area contributed by atoms with Crippen molar-refractivity contribution in [3.63, 3.8) is 0 Å².